The molecule has 2 heterocycles. The zero-order valence-electron chi connectivity index (χ0n) is 10.6. The number of halogens is 2. The highest BCUT2D eigenvalue weighted by molar-refractivity contribution is 6.36. The minimum atomic E-state index is -1.05. The van der Waals surface area contributed by atoms with Gasteiger partial charge < -0.3 is 15.2 Å². The number of carboxylic acid groups (broad SMARTS) is 1. The quantitative estimate of drug-likeness (QED) is 0.836. The number of rotatable bonds is 3. The fourth-order valence-corrected chi connectivity index (χ4v) is 3.18. The van der Waals surface area contributed by atoms with Gasteiger partial charge in [0.2, 0.25) is 5.91 Å². The van der Waals surface area contributed by atoms with Crippen LogP contribution >= 0.6 is 23.2 Å². The average Bonchev–Trinajstić information content (AvgIpc) is 3.02. The van der Waals surface area contributed by atoms with Crippen LogP contribution in [0.5, 0.6) is 0 Å². The van der Waals surface area contributed by atoms with Crippen molar-refractivity contribution in [2.24, 2.45) is 11.8 Å². The number of aliphatic carboxylic acids is 1. The smallest absolute Gasteiger partial charge is 0.310 e. The number of anilines is 1. The lowest BCUT2D eigenvalue weighted by atomic mass is 9.82. The Morgan fingerprint density at radius 1 is 1.14 bits per heavy atom. The first kappa shape index (κ1) is 14.4. The summed E-state index contributed by atoms with van der Waals surface area (Å²) in [5.41, 5.74) is 0.391. The maximum atomic E-state index is 12.4. The monoisotopic (exact) mass is 327 g/mol. The number of carbonyl (C=O) groups is 2. The molecule has 5 nitrogen and oxygen atoms in total. The van der Waals surface area contributed by atoms with Crippen molar-refractivity contribution in [2.75, 3.05) is 5.32 Å². The van der Waals surface area contributed by atoms with Crippen LogP contribution in [0.1, 0.15) is 0 Å². The highest BCUT2D eigenvalue weighted by Gasteiger charge is 2.53. The van der Waals surface area contributed by atoms with E-state index in [0.29, 0.717) is 15.7 Å². The summed E-state index contributed by atoms with van der Waals surface area (Å²) in [7, 11) is 0. The highest BCUT2D eigenvalue weighted by Crippen LogP contribution is 2.40. The molecule has 4 atom stereocenters. The minimum absolute atomic E-state index is 0.294. The molecule has 3 rings (SSSR count). The molecule has 1 fully saturated rings. The molecule has 2 aliphatic rings. The zero-order chi connectivity index (χ0) is 15.1. The normalized spacial score (nSPS) is 29.6. The molecule has 2 aliphatic heterocycles. The van der Waals surface area contributed by atoms with Crippen LogP contribution in [0, 0.1) is 11.8 Å². The molecular formula is C14H11Cl2NO4. The van der Waals surface area contributed by atoms with Gasteiger partial charge in [-0.1, -0.05) is 35.4 Å². The molecule has 7 heteroatoms. The van der Waals surface area contributed by atoms with E-state index in [4.69, 9.17) is 27.9 Å². The zero-order valence-corrected chi connectivity index (χ0v) is 12.1. The van der Waals surface area contributed by atoms with E-state index in [1.165, 1.54) is 6.07 Å². The fourth-order valence-electron chi connectivity index (χ4n) is 2.72. The number of nitrogens with one attached hydrogen (secondary N) is 1. The Labute approximate surface area is 130 Å². The van der Waals surface area contributed by atoms with Gasteiger partial charge in [0, 0.05) is 5.02 Å². The number of hydrogen-bond acceptors (Lipinski definition) is 3. The molecule has 0 saturated carbocycles. The summed E-state index contributed by atoms with van der Waals surface area (Å²) in [5.74, 6) is -3.13. The van der Waals surface area contributed by atoms with Gasteiger partial charge in [0.25, 0.3) is 0 Å². The third-order valence-electron chi connectivity index (χ3n) is 3.68. The van der Waals surface area contributed by atoms with Gasteiger partial charge in [0.15, 0.2) is 0 Å². The van der Waals surface area contributed by atoms with Crippen LogP contribution in [0.25, 0.3) is 0 Å². The lowest BCUT2D eigenvalue weighted by Crippen LogP contribution is -2.39. The van der Waals surface area contributed by atoms with E-state index in [1.807, 2.05) is 0 Å². The maximum absolute atomic E-state index is 12.4. The molecule has 0 aromatic heterocycles. The van der Waals surface area contributed by atoms with E-state index in [0.717, 1.165) is 0 Å². The molecule has 1 amide bonds. The van der Waals surface area contributed by atoms with Crippen LogP contribution in [0.3, 0.4) is 0 Å². The molecule has 2 N–H and O–H groups in total. The predicted octanol–water partition coefficient (Wildman–Crippen LogP) is 2.59. The predicted molar refractivity (Wildman–Crippen MR) is 77.5 cm³/mol. The van der Waals surface area contributed by atoms with E-state index in [2.05, 4.69) is 5.32 Å². The van der Waals surface area contributed by atoms with Crippen molar-refractivity contribution in [3.05, 3.63) is 40.4 Å². The number of carboxylic acids is 1. The van der Waals surface area contributed by atoms with Gasteiger partial charge in [-0.3, -0.25) is 9.59 Å². The number of fused-ring (bicyclic) bond motifs is 2. The Morgan fingerprint density at radius 3 is 2.43 bits per heavy atom. The first-order valence-corrected chi connectivity index (χ1v) is 7.05. The summed E-state index contributed by atoms with van der Waals surface area (Å²) < 4.78 is 5.46. The average molecular weight is 328 g/mol. The lowest BCUT2D eigenvalue weighted by Gasteiger charge is -2.21. The summed E-state index contributed by atoms with van der Waals surface area (Å²) in [6, 6.07) is 4.67. The standard InChI is InChI=1S/C14H11Cl2NO4/c15-6-1-2-8(7(16)5-6)17-13(18)11-9-3-4-10(21-9)12(11)14(19)20/h1-5,9-12H,(H,17,18)(H,19,20)/t9-,10-,11-,12+/m1/s1. The van der Waals surface area contributed by atoms with Crippen molar-refractivity contribution in [1.82, 2.24) is 0 Å². The van der Waals surface area contributed by atoms with Crippen molar-refractivity contribution in [3.63, 3.8) is 0 Å². The van der Waals surface area contributed by atoms with Crippen LogP contribution in [-0.2, 0) is 14.3 Å². The number of carbonyl (C=O) groups excluding carboxylic acids is 1. The molecule has 110 valence electrons. The molecule has 2 bridgehead atoms. The number of ether oxygens (including phenoxy) is 1. The summed E-state index contributed by atoms with van der Waals surface area (Å²) >= 11 is 11.8. The van der Waals surface area contributed by atoms with Gasteiger partial charge >= 0.3 is 5.97 Å². The Balaban J connectivity index is 1.82. The van der Waals surface area contributed by atoms with Crippen molar-refractivity contribution in [3.8, 4) is 0 Å². The third-order valence-corrected chi connectivity index (χ3v) is 4.22. The van der Waals surface area contributed by atoms with Crippen LogP contribution in [0.4, 0.5) is 5.69 Å². The minimum Gasteiger partial charge on any atom is -0.481 e. The van der Waals surface area contributed by atoms with Crippen LogP contribution < -0.4 is 5.32 Å². The second-order valence-corrected chi connectivity index (χ2v) is 5.80. The topological polar surface area (TPSA) is 75.6 Å². The van der Waals surface area contributed by atoms with Gasteiger partial charge in [-0.05, 0) is 18.2 Å². The summed E-state index contributed by atoms with van der Waals surface area (Å²) in [6.45, 7) is 0. The molecule has 0 spiro atoms. The van der Waals surface area contributed by atoms with E-state index in [-0.39, 0.29) is 0 Å². The van der Waals surface area contributed by atoms with Gasteiger partial charge in [-0.25, -0.2) is 0 Å². The first-order chi connectivity index (χ1) is 9.97. The summed E-state index contributed by atoms with van der Waals surface area (Å²) in [6.07, 6.45) is 2.34. The largest absolute Gasteiger partial charge is 0.481 e. The molecule has 0 aliphatic carbocycles. The summed E-state index contributed by atoms with van der Waals surface area (Å²) in [5, 5.41) is 12.7. The van der Waals surface area contributed by atoms with E-state index in [1.54, 1.807) is 24.3 Å². The molecule has 0 unspecified atom stereocenters. The third kappa shape index (κ3) is 2.52. The molecule has 1 aromatic rings. The van der Waals surface area contributed by atoms with E-state index < -0.39 is 35.9 Å². The summed E-state index contributed by atoms with van der Waals surface area (Å²) in [4.78, 5) is 23.7. The number of amides is 1. The SMILES string of the molecule is O=C(O)[C@@H]1[C@H](C(=O)Nc2ccc(Cl)cc2Cl)[C@H]2C=C[C@H]1O2. The lowest BCUT2D eigenvalue weighted by molar-refractivity contribution is -0.145. The van der Waals surface area contributed by atoms with Crippen LogP contribution in [0.15, 0.2) is 30.4 Å². The molecule has 1 saturated heterocycles. The Bertz CT molecular complexity index is 646. The first-order valence-electron chi connectivity index (χ1n) is 6.30. The van der Waals surface area contributed by atoms with Gasteiger partial charge in [-0.15, -0.1) is 0 Å². The highest BCUT2D eigenvalue weighted by atomic mass is 35.5. The molecule has 1 aromatic carbocycles. The second kappa shape index (κ2) is 5.33. The van der Waals surface area contributed by atoms with E-state index in [9.17, 15) is 14.7 Å². The number of hydrogen-bond donors (Lipinski definition) is 2. The Kier molecular flexibility index (Phi) is 3.65. The second-order valence-electron chi connectivity index (χ2n) is 4.95. The van der Waals surface area contributed by atoms with Crippen molar-refractivity contribution in [1.29, 1.82) is 0 Å². The van der Waals surface area contributed by atoms with Gasteiger partial charge in [-0.2, -0.15) is 0 Å². The van der Waals surface area contributed by atoms with Gasteiger partial charge in [0.1, 0.15) is 5.92 Å². The maximum Gasteiger partial charge on any atom is 0.310 e. The van der Waals surface area contributed by atoms with Crippen molar-refractivity contribution < 1.29 is 19.4 Å². The Hall–Kier alpha value is -1.56. The van der Waals surface area contributed by atoms with Crippen molar-refractivity contribution in [2.45, 2.75) is 12.2 Å². The van der Waals surface area contributed by atoms with Crippen LogP contribution in [0.2, 0.25) is 10.0 Å². The fraction of sp³-hybridized carbons (Fsp3) is 0.286. The van der Waals surface area contributed by atoms with Crippen molar-refractivity contribution >= 4 is 40.8 Å². The molecule has 21 heavy (non-hydrogen) atoms. The Morgan fingerprint density at radius 2 is 1.81 bits per heavy atom. The molecule has 0 radical (unpaired) electrons. The molecular weight excluding hydrogens is 317 g/mol. The number of benzene rings is 1. The van der Waals surface area contributed by atoms with E-state index >= 15 is 0 Å². The van der Waals surface area contributed by atoms with Gasteiger partial charge in [0.05, 0.1) is 28.8 Å². The van der Waals surface area contributed by atoms with Crippen LogP contribution in [-0.4, -0.2) is 29.2 Å².